The Morgan fingerprint density at radius 1 is 1.32 bits per heavy atom. The molecule has 1 fully saturated rings. The molecule has 7 heteroatoms. The SMILES string of the molecule is Cc1nc(Cl)cc(NC2CCC(NC(=O)O)CC2)n1. The fourth-order valence-electron chi connectivity index (χ4n) is 2.37. The largest absolute Gasteiger partial charge is 0.465 e. The molecule has 1 saturated carbocycles. The van der Waals surface area contributed by atoms with Crippen molar-refractivity contribution in [1.82, 2.24) is 15.3 Å². The van der Waals surface area contributed by atoms with E-state index in [1.165, 1.54) is 0 Å². The van der Waals surface area contributed by atoms with Gasteiger partial charge in [-0.25, -0.2) is 14.8 Å². The molecule has 1 amide bonds. The van der Waals surface area contributed by atoms with Crippen molar-refractivity contribution < 1.29 is 9.90 Å². The fourth-order valence-corrected chi connectivity index (χ4v) is 2.60. The van der Waals surface area contributed by atoms with Crippen LogP contribution in [0.5, 0.6) is 0 Å². The Morgan fingerprint density at radius 2 is 1.95 bits per heavy atom. The van der Waals surface area contributed by atoms with Crippen molar-refractivity contribution in [3.05, 3.63) is 17.0 Å². The average molecular weight is 285 g/mol. The Bertz CT molecular complexity index is 441. The number of carbonyl (C=O) groups is 1. The molecule has 0 radical (unpaired) electrons. The molecular weight excluding hydrogens is 268 g/mol. The van der Waals surface area contributed by atoms with Crippen LogP contribution in [0.2, 0.25) is 5.15 Å². The topological polar surface area (TPSA) is 87.1 Å². The standard InChI is InChI=1S/C12H17ClN4O2/c1-7-14-10(13)6-11(15-7)16-8-2-4-9(5-3-8)17-12(18)19/h6,8-9,17H,2-5H2,1H3,(H,18,19)(H,14,15,16). The molecule has 1 aliphatic rings. The quantitative estimate of drug-likeness (QED) is 0.742. The number of hydrogen-bond acceptors (Lipinski definition) is 4. The molecule has 0 saturated heterocycles. The predicted octanol–water partition coefficient (Wildman–Crippen LogP) is 2.43. The molecule has 0 spiro atoms. The van der Waals surface area contributed by atoms with Crippen LogP contribution in [-0.2, 0) is 0 Å². The van der Waals surface area contributed by atoms with Gasteiger partial charge in [0.05, 0.1) is 0 Å². The number of halogens is 1. The second-order valence-electron chi connectivity index (χ2n) is 4.77. The first-order chi connectivity index (χ1) is 9.02. The minimum atomic E-state index is -0.949. The van der Waals surface area contributed by atoms with Gasteiger partial charge in [0.2, 0.25) is 0 Å². The summed E-state index contributed by atoms with van der Waals surface area (Å²) in [6.45, 7) is 1.80. The molecule has 0 bridgehead atoms. The van der Waals surface area contributed by atoms with E-state index in [-0.39, 0.29) is 6.04 Å². The van der Waals surface area contributed by atoms with Gasteiger partial charge in [-0.2, -0.15) is 0 Å². The first-order valence-corrected chi connectivity index (χ1v) is 6.68. The maximum Gasteiger partial charge on any atom is 0.404 e. The highest BCUT2D eigenvalue weighted by atomic mass is 35.5. The minimum Gasteiger partial charge on any atom is -0.465 e. The molecule has 0 aliphatic heterocycles. The highest BCUT2D eigenvalue weighted by Gasteiger charge is 2.22. The molecule has 0 unspecified atom stereocenters. The molecule has 1 aromatic rings. The van der Waals surface area contributed by atoms with Gasteiger partial charge in [-0.1, -0.05) is 11.6 Å². The maximum absolute atomic E-state index is 10.6. The van der Waals surface area contributed by atoms with Gasteiger partial charge in [0.25, 0.3) is 0 Å². The number of nitrogens with one attached hydrogen (secondary N) is 2. The smallest absolute Gasteiger partial charge is 0.404 e. The van der Waals surface area contributed by atoms with Crippen LogP contribution in [0, 0.1) is 6.92 Å². The normalized spacial score (nSPS) is 22.8. The van der Waals surface area contributed by atoms with Gasteiger partial charge < -0.3 is 15.7 Å². The Hall–Kier alpha value is -1.56. The molecule has 1 aromatic heterocycles. The number of aromatic nitrogens is 2. The van der Waals surface area contributed by atoms with Crippen molar-refractivity contribution in [3.63, 3.8) is 0 Å². The summed E-state index contributed by atoms with van der Waals surface area (Å²) in [7, 11) is 0. The van der Waals surface area contributed by atoms with Gasteiger partial charge in [-0.3, -0.25) is 0 Å². The van der Waals surface area contributed by atoms with Crippen LogP contribution in [0.4, 0.5) is 10.6 Å². The molecule has 0 aromatic carbocycles. The summed E-state index contributed by atoms with van der Waals surface area (Å²) in [5, 5.41) is 14.9. The summed E-state index contributed by atoms with van der Waals surface area (Å²) in [6.07, 6.45) is 2.54. The number of nitrogens with zero attached hydrogens (tertiary/aromatic N) is 2. The lowest BCUT2D eigenvalue weighted by molar-refractivity contribution is 0.185. The van der Waals surface area contributed by atoms with E-state index < -0.39 is 6.09 Å². The second-order valence-corrected chi connectivity index (χ2v) is 5.15. The third-order valence-corrected chi connectivity index (χ3v) is 3.41. The molecule has 104 valence electrons. The molecule has 19 heavy (non-hydrogen) atoms. The summed E-state index contributed by atoms with van der Waals surface area (Å²) < 4.78 is 0. The van der Waals surface area contributed by atoms with Crippen LogP contribution in [0.15, 0.2) is 6.07 Å². The monoisotopic (exact) mass is 284 g/mol. The van der Waals surface area contributed by atoms with Crippen molar-refractivity contribution in [3.8, 4) is 0 Å². The zero-order valence-corrected chi connectivity index (χ0v) is 11.4. The van der Waals surface area contributed by atoms with Gasteiger partial charge in [-0.15, -0.1) is 0 Å². The first kappa shape index (κ1) is 13.9. The molecule has 1 heterocycles. The van der Waals surface area contributed by atoms with Crippen molar-refractivity contribution in [1.29, 1.82) is 0 Å². The van der Waals surface area contributed by atoms with Crippen LogP contribution in [0.25, 0.3) is 0 Å². The average Bonchev–Trinajstić information content (AvgIpc) is 2.29. The van der Waals surface area contributed by atoms with Gasteiger partial charge >= 0.3 is 6.09 Å². The zero-order chi connectivity index (χ0) is 13.8. The van der Waals surface area contributed by atoms with Crippen LogP contribution >= 0.6 is 11.6 Å². The Balaban J connectivity index is 1.86. The number of anilines is 1. The number of rotatable bonds is 3. The molecule has 2 rings (SSSR count). The van der Waals surface area contributed by atoms with E-state index in [1.807, 2.05) is 0 Å². The third kappa shape index (κ3) is 4.24. The van der Waals surface area contributed by atoms with Crippen molar-refractivity contribution in [2.24, 2.45) is 0 Å². The van der Waals surface area contributed by atoms with E-state index in [1.54, 1.807) is 13.0 Å². The summed E-state index contributed by atoms with van der Waals surface area (Å²) in [5.41, 5.74) is 0. The van der Waals surface area contributed by atoms with Crippen molar-refractivity contribution in [2.45, 2.75) is 44.7 Å². The molecule has 3 N–H and O–H groups in total. The van der Waals surface area contributed by atoms with Crippen LogP contribution < -0.4 is 10.6 Å². The molecule has 1 aliphatic carbocycles. The Kier molecular flexibility index (Phi) is 4.42. The Labute approximate surface area is 116 Å². The second kappa shape index (κ2) is 6.06. The zero-order valence-electron chi connectivity index (χ0n) is 10.7. The van der Waals surface area contributed by atoms with Crippen LogP contribution in [0.1, 0.15) is 31.5 Å². The first-order valence-electron chi connectivity index (χ1n) is 6.30. The van der Waals surface area contributed by atoms with Gasteiger partial charge in [0.1, 0.15) is 16.8 Å². The van der Waals surface area contributed by atoms with Crippen LogP contribution in [0.3, 0.4) is 0 Å². The summed E-state index contributed by atoms with van der Waals surface area (Å²) >= 11 is 5.88. The van der Waals surface area contributed by atoms with Gasteiger partial charge in [0, 0.05) is 18.2 Å². The maximum atomic E-state index is 10.6. The molecule has 0 atom stereocenters. The molecular formula is C12H17ClN4O2. The lowest BCUT2D eigenvalue weighted by atomic mass is 9.91. The van der Waals surface area contributed by atoms with E-state index in [0.29, 0.717) is 17.0 Å². The van der Waals surface area contributed by atoms with Crippen LogP contribution in [-0.4, -0.2) is 33.3 Å². The Morgan fingerprint density at radius 3 is 2.53 bits per heavy atom. The minimum absolute atomic E-state index is 0.0614. The van der Waals surface area contributed by atoms with Gasteiger partial charge in [-0.05, 0) is 32.6 Å². The highest BCUT2D eigenvalue weighted by molar-refractivity contribution is 6.29. The van der Waals surface area contributed by atoms with Gasteiger partial charge in [0.15, 0.2) is 0 Å². The number of amides is 1. The van der Waals surface area contributed by atoms with E-state index in [9.17, 15) is 4.79 Å². The van der Waals surface area contributed by atoms with E-state index in [0.717, 1.165) is 31.5 Å². The lowest BCUT2D eigenvalue weighted by Gasteiger charge is -2.29. The fraction of sp³-hybridized carbons (Fsp3) is 0.583. The summed E-state index contributed by atoms with van der Waals surface area (Å²) in [4.78, 5) is 18.8. The summed E-state index contributed by atoms with van der Waals surface area (Å²) in [5.74, 6) is 1.36. The highest BCUT2D eigenvalue weighted by Crippen LogP contribution is 2.22. The van der Waals surface area contributed by atoms with E-state index in [2.05, 4.69) is 20.6 Å². The predicted molar refractivity (Wildman–Crippen MR) is 72.6 cm³/mol. The van der Waals surface area contributed by atoms with E-state index in [4.69, 9.17) is 16.7 Å². The number of carboxylic acid groups (broad SMARTS) is 1. The van der Waals surface area contributed by atoms with E-state index >= 15 is 0 Å². The summed E-state index contributed by atoms with van der Waals surface area (Å²) in [6, 6.07) is 2.07. The lowest BCUT2D eigenvalue weighted by Crippen LogP contribution is -2.39. The third-order valence-electron chi connectivity index (χ3n) is 3.21. The van der Waals surface area contributed by atoms with Crippen molar-refractivity contribution >= 4 is 23.5 Å². The number of hydrogen-bond donors (Lipinski definition) is 3. The van der Waals surface area contributed by atoms with Crippen molar-refractivity contribution in [2.75, 3.05) is 5.32 Å². The number of aryl methyl sites for hydroxylation is 1. The molecule has 6 nitrogen and oxygen atoms in total.